The molecule has 18 heavy (non-hydrogen) atoms. The molecule has 1 aliphatic rings. The van der Waals surface area contributed by atoms with E-state index in [1.54, 1.807) is 7.11 Å². The Labute approximate surface area is 106 Å². The molecule has 1 aliphatic heterocycles. The third-order valence-corrected chi connectivity index (χ3v) is 3.54. The van der Waals surface area contributed by atoms with Gasteiger partial charge in [-0.05, 0) is 31.4 Å². The molecule has 2 aromatic rings. The molecule has 0 aliphatic carbocycles. The Kier molecular flexibility index (Phi) is 2.91. The first kappa shape index (κ1) is 11.5. The smallest absolute Gasteiger partial charge is 0.215 e. The van der Waals surface area contributed by atoms with Crippen molar-refractivity contribution in [1.82, 2.24) is 20.3 Å². The largest absolute Gasteiger partial charge is 0.481 e. The molecular weight excluding hydrogens is 228 g/mol. The molecule has 2 atom stereocenters. The van der Waals surface area contributed by atoms with Gasteiger partial charge in [0.2, 0.25) is 5.88 Å². The highest BCUT2D eigenvalue weighted by atomic mass is 16.5. The van der Waals surface area contributed by atoms with Gasteiger partial charge in [0.15, 0.2) is 5.65 Å². The molecule has 2 aromatic heterocycles. The highest BCUT2D eigenvalue weighted by Crippen LogP contribution is 2.26. The van der Waals surface area contributed by atoms with E-state index >= 15 is 0 Å². The SMILES string of the molecule is COc1ccc2[nH]c(C3CC(C)CCN3)nc2n1. The van der Waals surface area contributed by atoms with Crippen LogP contribution in [-0.4, -0.2) is 28.6 Å². The molecule has 2 unspecified atom stereocenters. The zero-order valence-electron chi connectivity index (χ0n) is 10.7. The van der Waals surface area contributed by atoms with Gasteiger partial charge >= 0.3 is 0 Å². The highest BCUT2D eigenvalue weighted by Gasteiger charge is 2.22. The molecule has 5 heteroatoms. The van der Waals surface area contributed by atoms with E-state index in [1.807, 2.05) is 12.1 Å². The van der Waals surface area contributed by atoms with Gasteiger partial charge in [-0.2, -0.15) is 4.98 Å². The van der Waals surface area contributed by atoms with Gasteiger partial charge in [-0.1, -0.05) is 6.92 Å². The lowest BCUT2D eigenvalue weighted by Gasteiger charge is -2.26. The van der Waals surface area contributed by atoms with Crippen molar-refractivity contribution in [2.75, 3.05) is 13.7 Å². The van der Waals surface area contributed by atoms with Crippen molar-refractivity contribution in [2.24, 2.45) is 5.92 Å². The molecular formula is C13H18N4O. The molecule has 0 aromatic carbocycles. The molecule has 1 fully saturated rings. The van der Waals surface area contributed by atoms with E-state index in [1.165, 1.54) is 6.42 Å². The number of pyridine rings is 1. The van der Waals surface area contributed by atoms with Crippen molar-refractivity contribution in [3.8, 4) is 5.88 Å². The van der Waals surface area contributed by atoms with Gasteiger partial charge in [0.25, 0.3) is 0 Å². The Morgan fingerprint density at radius 3 is 3.00 bits per heavy atom. The van der Waals surface area contributed by atoms with Crippen molar-refractivity contribution in [2.45, 2.75) is 25.8 Å². The van der Waals surface area contributed by atoms with Crippen molar-refractivity contribution < 1.29 is 4.74 Å². The zero-order valence-corrected chi connectivity index (χ0v) is 10.7. The molecule has 2 N–H and O–H groups in total. The van der Waals surface area contributed by atoms with Gasteiger partial charge < -0.3 is 15.0 Å². The van der Waals surface area contributed by atoms with Crippen LogP contribution >= 0.6 is 0 Å². The van der Waals surface area contributed by atoms with Crippen LogP contribution < -0.4 is 10.1 Å². The Morgan fingerprint density at radius 1 is 1.33 bits per heavy atom. The summed E-state index contributed by atoms with van der Waals surface area (Å²) in [5, 5.41) is 3.50. The minimum Gasteiger partial charge on any atom is -0.481 e. The summed E-state index contributed by atoms with van der Waals surface area (Å²) < 4.78 is 5.11. The molecule has 5 nitrogen and oxygen atoms in total. The van der Waals surface area contributed by atoms with Gasteiger partial charge in [-0.15, -0.1) is 0 Å². The number of piperidine rings is 1. The normalized spacial score (nSPS) is 24.3. The molecule has 0 bridgehead atoms. The van der Waals surface area contributed by atoms with Gasteiger partial charge in [-0.25, -0.2) is 4.98 Å². The van der Waals surface area contributed by atoms with Crippen LogP contribution in [0.15, 0.2) is 12.1 Å². The second-order valence-electron chi connectivity index (χ2n) is 4.98. The first-order valence-corrected chi connectivity index (χ1v) is 6.40. The average Bonchev–Trinajstić information content (AvgIpc) is 2.81. The maximum Gasteiger partial charge on any atom is 0.215 e. The predicted molar refractivity (Wildman–Crippen MR) is 69.6 cm³/mol. The fraction of sp³-hybridized carbons (Fsp3) is 0.538. The molecule has 0 amide bonds. The Hall–Kier alpha value is -1.62. The fourth-order valence-corrected chi connectivity index (χ4v) is 2.49. The number of rotatable bonds is 2. The number of ether oxygens (including phenoxy) is 1. The van der Waals surface area contributed by atoms with Gasteiger partial charge in [0.05, 0.1) is 18.7 Å². The molecule has 0 spiro atoms. The summed E-state index contributed by atoms with van der Waals surface area (Å²) in [5.74, 6) is 2.33. The Balaban J connectivity index is 1.92. The monoisotopic (exact) mass is 246 g/mol. The second-order valence-corrected chi connectivity index (χ2v) is 4.98. The summed E-state index contributed by atoms with van der Waals surface area (Å²) >= 11 is 0. The minimum atomic E-state index is 0.314. The van der Waals surface area contributed by atoms with E-state index in [9.17, 15) is 0 Å². The van der Waals surface area contributed by atoms with Crippen LogP contribution in [0.3, 0.4) is 0 Å². The summed E-state index contributed by atoms with van der Waals surface area (Å²) in [6.07, 6.45) is 2.36. The highest BCUT2D eigenvalue weighted by molar-refractivity contribution is 5.71. The van der Waals surface area contributed by atoms with Crippen LogP contribution in [0.1, 0.15) is 31.6 Å². The number of aromatic nitrogens is 3. The van der Waals surface area contributed by atoms with Gasteiger partial charge in [0, 0.05) is 6.07 Å². The van der Waals surface area contributed by atoms with Crippen molar-refractivity contribution in [1.29, 1.82) is 0 Å². The summed E-state index contributed by atoms with van der Waals surface area (Å²) in [6, 6.07) is 4.12. The number of methoxy groups -OCH3 is 1. The lowest BCUT2D eigenvalue weighted by atomic mass is 9.94. The summed E-state index contributed by atoms with van der Waals surface area (Å²) in [7, 11) is 1.62. The van der Waals surface area contributed by atoms with Crippen LogP contribution in [-0.2, 0) is 0 Å². The van der Waals surface area contributed by atoms with Crippen LogP contribution in [0.4, 0.5) is 0 Å². The van der Waals surface area contributed by atoms with Crippen LogP contribution in [0.5, 0.6) is 5.88 Å². The van der Waals surface area contributed by atoms with E-state index in [2.05, 4.69) is 27.2 Å². The van der Waals surface area contributed by atoms with Gasteiger partial charge in [-0.3, -0.25) is 0 Å². The Morgan fingerprint density at radius 2 is 2.22 bits per heavy atom. The van der Waals surface area contributed by atoms with Gasteiger partial charge in [0.1, 0.15) is 5.82 Å². The van der Waals surface area contributed by atoms with Crippen molar-refractivity contribution >= 4 is 11.2 Å². The van der Waals surface area contributed by atoms with Crippen molar-refractivity contribution in [3.63, 3.8) is 0 Å². The summed E-state index contributed by atoms with van der Waals surface area (Å²) in [5.41, 5.74) is 1.69. The van der Waals surface area contributed by atoms with E-state index in [-0.39, 0.29) is 0 Å². The van der Waals surface area contributed by atoms with E-state index in [0.717, 1.165) is 35.9 Å². The number of fused-ring (bicyclic) bond motifs is 1. The molecule has 1 saturated heterocycles. The topological polar surface area (TPSA) is 62.8 Å². The predicted octanol–water partition coefficient (Wildman–Crippen LogP) is 2.03. The standard InChI is InChI=1S/C13H18N4O/c1-8-5-6-14-10(7-8)13-15-9-3-4-11(18-2)16-12(9)17-13/h3-4,8,10,14H,5-7H2,1-2H3,(H,15,16,17). The third kappa shape index (κ3) is 2.06. The number of nitrogens with zero attached hydrogens (tertiary/aromatic N) is 2. The average molecular weight is 246 g/mol. The lowest BCUT2D eigenvalue weighted by molar-refractivity contribution is 0.317. The first-order chi connectivity index (χ1) is 8.76. The van der Waals surface area contributed by atoms with E-state index in [4.69, 9.17) is 4.74 Å². The minimum absolute atomic E-state index is 0.314. The van der Waals surface area contributed by atoms with Crippen LogP contribution in [0, 0.1) is 5.92 Å². The van der Waals surface area contributed by atoms with E-state index < -0.39 is 0 Å². The first-order valence-electron chi connectivity index (χ1n) is 6.40. The molecule has 0 saturated carbocycles. The number of hydrogen-bond acceptors (Lipinski definition) is 4. The van der Waals surface area contributed by atoms with Crippen LogP contribution in [0.2, 0.25) is 0 Å². The zero-order chi connectivity index (χ0) is 12.5. The van der Waals surface area contributed by atoms with Crippen molar-refractivity contribution in [3.05, 3.63) is 18.0 Å². The quantitative estimate of drug-likeness (QED) is 0.851. The maximum absolute atomic E-state index is 5.11. The number of hydrogen-bond donors (Lipinski definition) is 2. The summed E-state index contributed by atoms with van der Waals surface area (Å²) in [6.45, 7) is 3.34. The molecule has 3 heterocycles. The molecule has 3 rings (SSSR count). The lowest BCUT2D eigenvalue weighted by Crippen LogP contribution is -2.31. The molecule has 96 valence electrons. The third-order valence-electron chi connectivity index (χ3n) is 3.54. The molecule has 0 radical (unpaired) electrons. The van der Waals surface area contributed by atoms with Crippen LogP contribution in [0.25, 0.3) is 11.2 Å². The number of imidazole rings is 1. The number of nitrogens with one attached hydrogen (secondary N) is 2. The summed E-state index contributed by atoms with van der Waals surface area (Å²) in [4.78, 5) is 12.3. The number of aromatic amines is 1. The second kappa shape index (κ2) is 4.57. The van der Waals surface area contributed by atoms with E-state index in [0.29, 0.717) is 11.9 Å². The Bertz CT molecular complexity index is 551. The maximum atomic E-state index is 5.11. The fourth-order valence-electron chi connectivity index (χ4n) is 2.49. The number of H-pyrrole nitrogens is 1.